The second-order valence-corrected chi connectivity index (χ2v) is 10.7. The van der Waals surface area contributed by atoms with Crippen LogP contribution < -0.4 is 10.6 Å². The van der Waals surface area contributed by atoms with Crippen LogP contribution in [0.25, 0.3) is 11.1 Å². The number of alkyl carbamates (subject to hydrolysis) is 1. The van der Waals surface area contributed by atoms with Crippen LogP contribution in [0.1, 0.15) is 63.5 Å². The lowest BCUT2D eigenvalue weighted by Gasteiger charge is -2.33. The van der Waals surface area contributed by atoms with Crippen LogP contribution in [0.15, 0.2) is 48.5 Å². The number of fused-ring (bicyclic) bond motifs is 3. The predicted molar refractivity (Wildman–Crippen MR) is 133 cm³/mol. The Bertz CT molecular complexity index is 1050. The Hall–Kier alpha value is -3.35. The number of carbonyl (C=O) groups is 3. The summed E-state index contributed by atoms with van der Waals surface area (Å²) in [6.45, 7) is 5.85. The maximum atomic E-state index is 13.1. The summed E-state index contributed by atoms with van der Waals surface area (Å²) in [7, 11) is 0. The molecule has 0 unspecified atom stereocenters. The first-order valence-electron chi connectivity index (χ1n) is 12.3. The molecule has 4 rings (SSSR count). The maximum absolute atomic E-state index is 13.1. The van der Waals surface area contributed by atoms with Crippen LogP contribution in [0, 0.1) is 11.3 Å². The Kier molecular flexibility index (Phi) is 7.15. The van der Waals surface area contributed by atoms with E-state index in [1.165, 1.54) is 0 Å². The van der Waals surface area contributed by atoms with E-state index in [0.29, 0.717) is 25.7 Å². The summed E-state index contributed by atoms with van der Waals surface area (Å²) in [5.41, 5.74) is 4.03. The first-order valence-corrected chi connectivity index (χ1v) is 12.3. The zero-order chi connectivity index (χ0) is 25.2. The number of amides is 2. The van der Waals surface area contributed by atoms with E-state index in [-0.39, 0.29) is 30.4 Å². The number of ether oxygens (including phenoxy) is 1. The average Bonchev–Trinajstić information content (AvgIpc) is 3.14. The molecule has 2 aromatic carbocycles. The molecule has 0 radical (unpaired) electrons. The van der Waals surface area contributed by atoms with Gasteiger partial charge in [0, 0.05) is 12.0 Å². The Morgan fingerprint density at radius 3 is 2.00 bits per heavy atom. The molecule has 2 amide bonds. The van der Waals surface area contributed by atoms with Crippen molar-refractivity contribution in [2.45, 2.75) is 64.5 Å². The van der Waals surface area contributed by atoms with Crippen molar-refractivity contribution in [3.8, 4) is 11.1 Å². The zero-order valence-corrected chi connectivity index (χ0v) is 20.5. The van der Waals surface area contributed by atoms with Gasteiger partial charge in [0.05, 0.1) is 5.92 Å². The molecule has 2 aliphatic carbocycles. The topological polar surface area (TPSA) is 105 Å². The number of rotatable bonds is 6. The lowest BCUT2D eigenvalue weighted by atomic mass is 9.84. The van der Waals surface area contributed by atoms with Crippen molar-refractivity contribution in [2.75, 3.05) is 6.61 Å². The van der Waals surface area contributed by atoms with Gasteiger partial charge in [0.1, 0.15) is 12.6 Å². The van der Waals surface area contributed by atoms with Crippen LogP contribution in [0.4, 0.5) is 4.79 Å². The monoisotopic (exact) mass is 478 g/mol. The van der Waals surface area contributed by atoms with Gasteiger partial charge >= 0.3 is 12.1 Å². The second-order valence-electron chi connectivity index (χ2n) is 10.7. The van der Waals surface area contributed by atoms with E-state index in [2.05, 4.69) is 34.9 Å². The predicted octanol–water partition coefficient (Wildman–Crippen LogP) is 4.70. The van der Waals surface area contributed by atoms with Crippen molar-refractivity contribution in [1.82, 2.24) is 10.6 Å². The van der Waals surface area contributed by atoms with Crippen molar-refractivity contribution in [3.63, 3.8) is 0 Å². The van der Waals surface area contributed by atoms with Crippen LogP contribution >= 0.6 is 0 Å². The molecule has 186 valence electrons. The van der Waals surface area contributed by atoms with E-state index in [9.17, 15) is 19.5 Å². The summed E-state index contributed by atoms with van der Waals surface area (Å²) in [5, 5.41) is 15.0. The number of carboxylic acid groups (broad SMARTS) is 1. The molecule has 0 saturated heterocycles. The van der Waals surface area contributed by atoms with Crippen LogP contribution in [0.2, 0.25) is 0 Å². The third kappa shape index (κ3) is 5.50. The summed E-state index contributed by atoms with van der Waals surface area (Å²) in [6, 6.07) is 15.4. The Labute approximate surface area is 206 Å². The molecule has 0 aromatic heterocycles. The van der Waals surface area contributed by atoms with Gasteiger partial charge in [0.25, 0.3) is 0 Å². The van der Waals surface area contributed by atoms with E-state index >= 15 is 0 Å². The van der Waals surface area contributed by atoms with E-state index < -0.39 is 23.5 Å². The summed E-state index contributed by atoms with van der Waals surface area (Å²) in [4.78, 5) is 37.1. The highest BCUT2D eigenvalue weighted by Crippen LogP contribution is 2.44. The minimum atomic E-state index is -0.782. The Morgan fingerprint density at radius 1 is 0.943 bits per heavy atom. The molecule has 0 bridgehead atoms. The van der Waals surface area contributed by atoms with Crippen molar-refractivity contribution in [3.05, 3.63) is 59.7 Å². The van der Waals surface area contributed by atoms with Gasteiger partial charge in [0.2, 0.25) is 5.91 Å². The van der Waals surface area contributed by atoms with Crippen LogP contribution in [-0.4, -0.2) is 41.8 Å². The number of carboxylic acids is 1. The van der Waals surface area contributed by atoms with Gasteiger partial charge in [-0.25, -0.2) is 4.79 Å². The molecule has 3 N–H and O–H groups in total. The number of benzene rings is 2. The van der Waals surface area contributed by atoms with E-state index in [4.69, 9.17) is 4.74 Å². The average molecular weight is 479 g/mol. The number of hydrogen-bond acceptors (Lipinski definition) is 4. The molecule has 1 fully saturated rings. The number of hydrogen-bond donors (Lipinski definition) is 3. The van der Waals surface area contributed by atoms with E-state index in [1.54, 1.807) is 0 Å². The normalized spacial score (nSPS) is 20.3. The maximum Gasteiger partial charge on any atom is 0.407 e. The lowest BCUT2D eigenvalue weighted by molar-refractivity contribution is -0.142. The fourth-order valence-corrected chi connectivity index (χ4v) is 5.20. The highest BCUT2D eigenvalue weighted by Gasteiger charge is 2.36. The van der Waals surface area contributed by atoms with Crippen molar-refractivity contribution >= 4 is 18.0 Å². The Balaban J connectivity index is 1.37. The molecule has 1 atom stereocenters. The molecule has 0 heterocycles. The third-order valence-corrected chi connectivity index (χ3v) is 7.16. The second kappa shape index (κ2) is 10.1. The van der Waals surface area contributed by atoms with E-state index in [0.717, 1.165) is 22.3 Å². The van der Waals surface area contributed by atoms with Crippen LogP contribution in [-0.2, 0) is 14.3 Å². The zero-order valence-electron chi connectivity index (χ0n) is 20.5. The fourth-order valence-electron chi connectivity index (χ4n) is 5.20. The lowest BCUT2D eigenvalue weighted by Crippen LogP contribution is -2.56. The molecule has 0 spiro atoms. The minimum absolute atomic E-state index is 0.0560. The first-order chi connectivity index (χ1) is 16.6. The SMILES string of the molecule is CC(C)(C)[C@@H](NC(=O)OCC1c2ccccc2-c2ccccc21)C(=O)NC1CCC(C(=O)O)CC1. The molecule has 1 saturated carbocycles. The number of carbonyl (C=O) groups excluding carboxylic acids is 2. The minimum Gasteiger partial charge on any atom is -0.481 e. The molecular formula is C28H34N2O5. The summed E-state index contributed by atoms with van der Waals surface area (Å²) in [5.74, 6) is -1.45. The molecule has 7 heteroatoms. The van der Waals surface area contributed by atoms with E-state index in [1.807, 2.05) is 45.0 Å². The molecule has 35 heavy (non-hydrogen) atoms. The van der Waals surface area contributed by atoms with Gasteiger partial charge in [-0.3, -0.25) is 9.59 Å². The van der Waals surface area contributed by atoms with Crippen LogP contribution in [0.5, 0.6) is 0 Å². The molecule has 2 aliphatic rings. The standard InChI is InChI=1S/C28H34N2O5/c1-28(2,3)24(25(31)29-18-14-12-17(13-15-18)26(32)33)30-27(34)35-16-23-21-10-6-4-8-19(21)20-9-5-7-11-22(20)23/h4-11,17-18,23-24H,12-16H2,1-3H3,(H,29,31)(H,30,34)(H,32,33)/t17?,18?,24-/m0/s1. The van der Waals surface area contributed by atoms with Gasteiger partial charge in [-0.1, -0.05) is 69.3 Å². The summed E-state index contributed by atoms with van der Waals surface area (Å²) >= 11 is 0. The molecule has 0 aliphatic heterocycles. The van der Waals surface area contributed by atoms with Crippen molar-refractivity contribution in [1.29, 1.82) is 0 Å². The number of aliphatic carboxylic acids is 1. The molecule has 2 aromatic rings. The van der Waals surface area contributed by atoms with Gasteiger partial charge in [-0.05, 0) is 53.4 Å². The quantitative estimate of drug-likeness (QED) is 0.558. The smallest absolute Gasteiger partial charge is 0.407 e. The molecular weight excluding hydrogens is 444 g/mol. The van der Waals surface area contributed by atoms with Gasteiger partial charge in [0.15, 0.2) is 0 Å². The van der Waals surface area contributed by atoms with Crippen molar-refractivity contribution in [2.24, 2.45) is 11.3 Å². The summed E-state index contributed by atoms with van der Waals surface area (Å²) in [6.07, 6.45) is 1.69. The van der Waals surface area contributed by atoms with Gasteiger partial charge < -0.3 is 20.5 Å². The summed E-state index contributed by atoms with van der Waals surface area (Å²) < 4.78 is 5.65. The van der Waals surface area contributed by atoms with Crippen LogP contribution in [0.3, 0.4) is 0 Å². The third-order valence-electron chi connectivity index (χ3n) is 7.16. The number of nitrogens with one attached hydrogen (secondary N) is 2. The van der Waals surface area contributed by atoms with Gasteiger partial charge in [-0.15, -0.1) is 0 Å². The highest BCUT2D eigenvalue weighted by molar-refractivity contribution is 5.86. The van der Waals surface area contributed by atoms with Crippen molar-refractivity contribution < 1.29 is 24.2 Å². The fraction of sp³-hybridized carbons (Fsp3) is 0.464. The first kappa shape index (κ1) is 24.8. The largest absolute Gasteiger partial charge is 0.481 e. The Morgan fingerprint density at radius 2 is 1.49 bits per heavy atom. The molecule has 7 nitrogen and oxygen atoms in total. The van der Waals surface area contributed by atoms with Gasteiger partial charge in [-0.2, -0.15) is 0 Å². The highest BCUT2D eigenvalue weighted by atomic mass is 16.5.